The van der Waals surface area contributed by atoms with Crippen molar-refractivity contribution in [3.05, 3.63) is 77.2 Å². The summed E-state index contributed by atoms with van der Waals surface area (Å²) in [7, 11) is 0. The second-order valence-corrected chi connectivity index (χ2v) is 12.0. The number of carbonyl (C=O) groups excluding carboxylic acids is 3. The number of carbonyl (C=O) groups is 3. The average molecular weight is 641 g/mol. The second-order valence-electron chi connectivity index (χ2n) is 12.0. The van der Waals surface area contributed by atoms with E-state index in [-0.39, 0.29) is 18.3 Å². The van der Waals surface area contributed by atoms with Crippen LogP contribution in [0.4, 0.5) is 23.8 Å². The molecule has 0 bridgehead atoms. The molecule has 0 unspecified atom stereocenters. The molecule has 10 nitrogen and oxygen atoms in total. The number of rotatable bonds is 8. The number of alkyl halides is 3. The molecule has 0 radical (unpaired) electrons. The SMILES string of the molecule is CCC(=O)N1CCN(c2ccnc(C(=O)N[C@H](C)c3ccc(-c4cc(C(F)(F)F)ccc4CNC(=O)OC(C)(C)C)cc3)n2)CC1. The van der Waals surface area contributed by atoms with Gasteiger partial charge < -0.3 is 25.2 Å². The number of amides is 3. The van der Waals surface area contributed by atoms with Gasteiger partial charge in [0.15, 0.2) is 0 Å². The van der Waals surface area contributed by atoms with Crippen LogP contribution in [-0.4, -0.2) is 64.6 Å². The number of halogens is 3. The van der Waals surface area contributed by atoms with Gasteiger partial charge >= 0.3 is 12.3 Å². The summed E-state index contributed by atoms with van der Waals surface area (Å²) in [6.45, 7) is 11.1. The number of alkyl carbamates (subject to hydrolysis) is 1. The Morgan fingerprint density at radius 1 is 0.978 bits per heavy atom. The van der Waals surface area contributed by atoms with Crippen LogP contribution in [0.15, 0.2) is 54.7 Å². The first-order valence-electron chi connectivity index (χ1n) is 15.1. The molecular weight excluding hydrogens is 601 g/mol. The number of hydrogen-bond donors (Lipinski definition) is 2. The number of aromatic nitrogens is 2. The maximum Gasteiger partial charge on any atom is 0.416 e. The van der Waals surface area contributed by atoms with Gasteiger partial charge in [-0.05, 0) is 68.1 Å². The van der Waals surface area contributed by atoms with E-state index in [1.54, 1.807) is 58.0 Å². The third-order valence-electron chi connectivity index (χ3n) is 7.43. The molecule has 0 aliphatic carbocycles. The van der Waals surface area contributed by atoms with Crippen molar-refractivity contribution >= 4 is 23.7 Å². The lowest BCUT2D eigenvalue weighted by Gasteiger charge is -2.35. The molecule has 1 aliphatic heterocycles. The van der Waals surface area contributed by atoms with Crippen LogP contribution in [0.5, 0.6) is 0 Å². The fourth-order valence-electron chi connectivity index (χ4n) is 5.00. The van der Waals surface area contributed by atoms with Crippen molar-refractivity contribution in [1.29, 1.82) is 0 Å². The fourth-order valence-corrected chi connectivity index (χ4v) is 5.00. The van der Waals surface area contributed by atoms with E-state index in [2.05, 4.69) is 20.6 Å². The van der Waals surface area contributed by atoms with Crippen molar-refractivity contribution in [1.82, 2.24) is 25.5 Å². The summed E-state index contributed by atoms with van der Waals surface area (Å²) in [4.78, 5) is 49.6. The van der Waals surface area contributed by atoms with E-state index in [0.717, 1.165) is 12.1 Å². The molecule has 2 N–H and O–H groups in total. The van der Waals surface area contributed by atoms with Gasteiger partial charge in [0.25, 0.3) is 5.91 Å². The Labute approximate surface area is 266 Å². The van der Waals surface area contributed by atoms with Gasteiger partial charge in [-0.25, -0.2) is 14.8 Å². The highest BCUT2D eigenvalue weighted by Crippen LogP contribution is 2.34. The van der Waals surface area contributed by atoms with Crippen LogP contribution in [0.1, 0.15) is 74.4 Å². The highest BCUT2D eigenvalue weighted by atomic mass is 19.4. The van der Waals surface area contributed by atoms with Crippen LogP contribution in [0.3, 0.4) is 0 Å². The minimum atomic E-state index is -4.55. The largest absolute Gasteiger partial charge is 0.444 e. The van der Waals surface area contributed by atoms with Crippen molar-refractivity contribution in [2.45, 2.75) is 65.4 Å². The second kappa shape index (κ2) is 14.2. The monoisotopic (exact) mass is 640 g/mol. The quantitative estimate of drug-likeness (QED) is 0.323. The molecule has 46 heavy (non-hydrogen) atoms. The van der Waals surface area contributed by atoms with Gasteiger partial charge in [-0.15, -0.1) is 0 Å². The predicted molar refractivity (Wildman–Crippen MR) is 167 cm³/mol. The first kappa shape index (κ1) is 34.2. The number of hydrogen-bond acceptors (Lipinski definition) is 7. The third-order valence-corrected chi connectivity index (χ3v) is 7.43. The molecule has 2 aromatic carbocycles. The zero-order valence-electron chi connectivity index (χ0n) is 26.6. The van der Waals surface area contributed by atoms with Gasteiger partial charge in [0.2, 0.25) is 11.7 Å². The topological polar surface area (TPSA) is 117 Å². The van der Waals surface area contributed by atoms with Crippen LogP contribution in [0, 0.1) is 0 Å². The smallest absolute Gasteiger partial charge is 0.416 e. The van der Waals surface area contributed by atoms with E-state index in [1.165, 1.54) is 12.3 Å². The minimum Gasteiger partial charge on any atom is -0.444 e. The highest BCUT2D eigenvalue weighted by molar-refractivity contribution is 5.91. The molecule has 0 saturated carbocycles. The summed E-state index contributed by atoms with van der Waals surface area (Å²) in [5.74, 6) is 0.222. The highest BCUT2D eigenvalue weighted by Gasteiger charge is 2.31. The van der Waals surface area contributed by atoms with E-state index in [4.69, 9.17) is 4.74 Å². The molecule has 1 saturated heterocycles. The van der Waals surface area contributed by atoms with E-state index < -0.39 is 35.4 Å². The molecule has 3 amide bonds. The number of piperazine rings is 1. The Bertz CT molecular complexity index is 1550. The third kappa shape index (κ3) is 8.95. The lowest BCUT2D eigenvalue weighted by molar-refractivity contribution is -0.137. The van der Waals surface area contributed by atoms with Gasteiger partial charge in [0.05, 0.1) is 11.6 Å². The minimum absolute atomic E-state index is 0.000806. The molecular formula is C33H39F3N6O4. The standard InChI is InChI=1S/C33H39F3N6O4/c1-6-28(43)42-17-15-41(16-18-42)27-13-14-37-29(40-27)30(44)39-21(2)22-7-9-23(10-8-22)26-19-25(33(34,35)36)12-11-24(26)20-38-31(45)46-32(3,4)5/h7-14,19,21H,6,15-18,20H2,1-5H3,(H,38,45)(H,39,44)/t21-/m1/s1. The molecule has 13 heteroatoms. The maximum absolute atomic E-state index is 13.6. The number of anilines is 1. The van der Waals surface area contributed by atoms with Crippen molar-refractivity contribution < 1.29 is 32.3 Å². The molecule has 0 spiro atoms. The summed E-state index contributed by atoms with van der Waals surface area (Å²) >= 11 is 0. The Morgan fingerprint density at radius 2 is 1.65 bits per heavy atom. The fraction of sp³-hybridized carbons (Fsp3) is 0.424. The van der Waals surface area contributed by atoms with E-state index in [9.17, 15) is 27.6 Å². The Kier molecular flexibility index (Phi) is 10.5. The molecule has 2 heterocycles. The molecule has 3 aromatic rings. The van der Waals surface area contributed by atoms with Gasteiger partial charge in [-0.1, -0.05) is 37.3 Å². The van der Waals surface area contributed by atoms with Gasteiger partial charge in [0, 0.05) is 45.3 Å². The Hall–Kier alpha value is -4.68. The van der Waals surface area contributed by atoms with E-state index >= 15 is 0 Å². The van der Waals surface area contributed by atoms with Crippen molar-refractivity contribution in [3.8, 4) is 11.1 Å². The van der Waals surface area contributed by atoms with Crippen molar-refractivity contribution in [3.63, 3.8) is 0 Å². The van der Waals surface area contributed by atoms with Gasteiger partial charge in [0.1, 0.15) is 11.4 Å². The summed E-state index contributed by atoms with van der Waals surface area (Å²) in [5.41, 5.74) is 0.460. The first-order valence-corrected chi connectivity index (χ1v) is 15.1. The average Bonchev–Trinajstić information content (AvgIpc) is 3.02. The van der Waals surface area contributed by atoms with Crippen LogP contribution < -0.4 is 15.5 Å². The normalized spacial score (nSPS) is 14.4. The number of benzene rings is 2. The van der Waals surface area contributed by atoms with Crippen LogP contribution in [-0.2, 0) is 22.3 Å². The number of nitrogens with zero attached hydrogens (tertiary/aromatic N) is 4. The molecule has 1 fully saturated rings. The maximum atomic E-state index is 13.6. The first-order chi connectivity index (χ1) is 21.6. The van der Waals surface area contributed by atoms with Gasteiger partial charge in [-0.3, -0.25) is 9.59 Å². The summed E-state index contributed by atoms with van der Waals surface area (Å²) in [5, 5.41) is 5.48. The van der Waals surface area contributed by atoms with Crippen molar-refractivity contribution in [2.24, 2.45) is 0 Å². The Morgan fingerprint density at radius 3 is 2.26 bits per heavy atom. The van der Waals surface area contributed by atoms with E-state index in [0.29, 0.717) is 60.7 Å². The number of ether oxygens (including phenoxy) is 1. The Balaban J connectivity index is 1.45. The zero-order chi connectivity index (χ0) is 33.6. The summed E-state index contributed by atoms with van der Waals surface area (Å²) in [6.07, 6.45) is -3.26. The molecule has 1 atom stereocenters. The van der Waals surface area contributed by atoms with E-state index in [1.807, 2.05) is 16.7 Å². The molecule has 1 aromatic heterocycles. The summed E-state index contributed by atoms with van der Waals surface area (Å²) < 4.78 is 46.0. The summed E-state index contributed by atoms with van der Waals surface area (Å²) in [6, 6.07) is 11.4. The zero-order valence-corrected chi connectivity index (χ0v) is 26.6. The lowest BCUT2D eigenvalue weighted by Crippen LogP contribution is -2.49. The number of nitrogens with one attached hydrogen (secondary N) is 2. The van der Waals surface area contributed by atoms with Crippen LogP contribution in [0.2, 0.25) is 0 Å². The van der Waals surface area contributed by atoms with Crippen LogP contribution in [0.25, 0.3) is 11.1 Å². The van der Waals surface area contributed by atoms with Crippen LogP contribution >= 0.6 is 0 Å². The predicted octanol–water partition coefficient (Wildman–Crippen LogP) is 5.74. The van der Waals surface area contributed by atoms with Crippen molar-refractivity contribution in [2.75, 3.05) is 31.1 Å². The molecule has 4 rings (SSSR count). The van der Waals surface area contributed by atoms with Gasteiger partial charge in [-0.2, -0.15) is 13.2 Å². The molecule has 1 aliphatic rings. The molecule has 246 valence electrons. The lowest BCUT2D eigenvalue weighted by atomic mass is 9.95.